The number of methoxy groups -OCH3 is 1. The Balaban J connectivity index is 0.607. The summed E-state index contributed by atoms with van der Waals surface area (Å²) in [5.41, 5.74) is 1.35. The molecule has 0 radical (unpaired) electrons. The molecule has 0 unspecified atom stereocenters. The molecule has 111 heavy (non-hydrogen) atoms. The molecule has 5 aliphatic rings. The van der Waals surface area contributed by atoms with Gasteiger partial charge in [0.25, 0.3) is 23.3 Å². The predicted octanol–water partition coefficient (Wildman–Crippen LogP) is 0.800. The number of benzene rings is 3. The van der Waals surface area contributed by atoms with E-state index < -0.39 is 127 Å². The number of hydrogen-bond acceptors (Lipinski definition) is 24. The largest absolute Gasteiger partial charge is 0.490 e. The monoisotopic (exact) mass is 1550 g/mol. The summed E-state index contributed by atoms with van der Waals surface area (Å²) < 4.78 is 92.6. The second-order valence-corrected chi connectivity index (χ2v) is 26.5. The van der Waals surface area contributed by atoms with Crippen molar-refractivity contribution in [3.8, 4) is 17.1 Å². The Labute approximate surface area is 636 Å². The Hall–Kier alpha value is -10.1. The fraction of sp³-hybridized carbons (Fsp3) is 0.500. The molecule has 0 spiro atoms. The van der Waals surface area contributed by atoms with Crippen LogP contribution in [0, 0.1) is 17.6 Å². The number of carbonyl (C=O) groups is 10. The number of rotatable bonds is 49. The minimum atomic E-state index is -2.03. The third kappa shape index (κ3) is 23.5. The maximum Gasteiger partial charge on any atom is 0.343 e. The highest BCUT2D eigenvalue weighted by Gasteiger charge is 2.50. The Morgan fingerprint density at radius 1 is 0.640 bits per heavy atom. The molecule has 2 aliphatic carbocycles. The van der Waals surface area contributed by atoms with Gasteiger partial charge < -0.3 is 99.0 Å². The van der Waals surface area contributed by atoms with E-state index in [4.69, 9.17) is 57.1 Å². The van der Waals surface area contributed by atoms with Crippen molar-refractivity contribution < 1.29 is 114 Å². The molecule has 1 fully saturated rings. The van der Waals surface area contributed by atoms with Gasteiger partial charge in [-0.2, -0.15) is 0 Å². The van der Waals surface area contributed by atoms with Crippen LogP contribution in [0.3, 0.4) is 0 Å². The highest BCUT2D eigenvalue weighted by molar-refractivity contribution is 6.28. The molecule has 8 N–H and O–H groups in total. The summed E-state index contributed by atoms with van der Waals surface area (Å²) in [6.07, 6.45) is 5.17. The number of halogens is 2. The fourth-order valence-corrected chi connectivity index (χ4v) is 12.9. The summed E-state index contributed by atoms with van der Waals surface area (Å²) in [5.74, 6) is -9.43. The SMILES string of the molecule is COCCOCCOCCOCCOCCOCCOCCOCCNC(=O)c1cc(N2C(=O)C=CC2=O)cc(F)c1OCCCC(=O)NCC(=O)NCC(=O)N[C@@H](Cc1ccccc1)C(=O)NCC(=O)NCOCC(=O)NCc1c2c(nc3cc(F)c4c(c13)CCC4)-c1cc3c(c(=O)n1C2)COC(=O)[C@]3(O)CC1CC1. The van der Waals surface area contributed by atoms with E-state index in [1.54, 1.807) is 43.5 Å². The van der Waals surface area contributed by atoms with Crippen LogP contribution < -0.4 is 52.4 Å². The lowest BCUT2D eigenvalue weighted by atomic mass is 9.84. The van der Waals surface area contributed by atoms with E-state index in [1.807, 2.05) is 0 Å². The van der Waals surface area contributed by atoms with Gasteiger partial charge >= 0.3 is 5.97 Å². The molecule has 35 heteroatoms. The van der Waals surface area contributed by atoms with Crippen LogP contribution in [0.15, 0.2) is 71.5 Å². The molecular formula is C76H92F2N10O23. The van der Waals surface area contributed by atoms with Gasteiger partial charge in [-0.1, -0.05) is 43.2 Å². The molecular weight excluding hydrogens is 1460 g/mol. The van der Waals surface area contributed by atoms with Crippen molar-refractivity contribution >= 4 is 75.7 Å². The van der Waals surface area contributed by atoms with E-state index in [2.05, 4.69) is 37.2 Å². The summed E-state index contributed by atoms with van der Waals surface area (Å²) in [7, 11) is 1.61. The van der Waals surface area contributed by atoms with Gasteiger partial charge in [0, 0.05) is 73.8 Å². The summed E-state index contributed by atoms with van der Waals surface area (Å²) in [5, 5.41) is 30.1. The number of cyclic esters (lactones) is 1. The topological polar surface area (TPSA) is 415 Å². The van der Waals surface area contributed by atoms with Crippen LogP contribution in [0.4, 0.5) is 14.5 Å². The molecule has 0 saturated heterocycles. The van der Waals surface area contributed by atoms with Crippen LogP contribution in [0.2, 0.25) is 0 Å². The lowest BCUT2D eigenvalue weighted by Crippen LogP contribution is -2.52. The van der Waals surface area contributed by atoms with E-state index in [9.17, 15) is 57.8 Å². The van der Waals surface area contributed by atoms with Crippen molar-refractivity contribution in [2.45, 2.75) is 89.1 Å². The number of hydrogen-bond donors (Lipinski definition) is 8. The zero-order chi connectivity index (χ0) is 78.7. The quantitative estimate of drug-likeness (QED) is 0.0113. The van der Waals surface area contributed by atoms with E-state index in [1.165, 1.54) is 10.6 Å². The molecule has 10 rings (SSSR count). The maximum atomic E-state index is 15.8. The Morgan fingerprint density at radius 2 is 1.25 bits per heavy atom. The van der Waals surface area contributed by atoms with Crippen LogP contribution in [-0.4, -0.2) is 232 Å². The van der Waals surface area contributed by atoms with Crippen molar-refractivity contribution in [1.29, 1.82) is 0 Å². The first kappa shape index (κ1) is 83.4. The van der Waals surface area contributed by atoms with Gasteiger partial charge in [-0.05, 0) is 72.4 Å². The molecule has 0 bridgehead atoms. The number of amides is 9. The van der Waals surface area contributed by atoms with Crippen molar-refractivity contribution in [1.82, 2.24) is 46.8 Å². The van der Waals surface area contributed by atoms with Crippen molar-refractivity contribution in [3.05, 3.63) is 133 Å². The minimum absolute atomic E-state index is 0.0290. The zero-order valence-corrected chi connectivity index (χ0v) is 61.6. The van der Waals surface area contributed by atoms with Gasteiger partial charge in [-0.15, -0.1) is 0 Å². The fourth-order valence-electron chi connectivity index (χ4n) is 12.9. The van der Waals surface area contributed by atoms with Gasteiger partial charge in [0.2, 0.25) is 35.4 Å². The second kappa shape index (κ2) is 41.8. The van der Waals surface area contributed by atoms with Crippen LogP contribution in [-0.2, 0) is 135 Å². The van der Waals surface area contributed by atoms with Crippen molar-refractivity contribution in [2.24, 2.45) is 5.92 Å². The molecule has 3 aliphatic heterocycles. The molecule has 5 heterocycles. The van der Waals surface area contributed by atoms with E-state index >= 15 is 8.78 Å². The number of pyridine rings is 2. The summed E-state index contributed by atoms with van der Waals surface area (Å²) in [6, 6.07) is 12.3. The third-order valence-electron chi connectivity index (χ3n) is 18.5. The van der Waals surface area contributed by atoms with Gasteiger partial charge in [0.15, 0.2) is 17.2 Å². The minimum Gasteiger partial charge on any atom is -0.490 e. The lowest BCUT2D eigenvalue weighted by Gasteiger charge is -2.32. The first-order chi connectivity index (χ1) is 53.8. The van der Waals surface area contributed by atoms with E-state index in [-0.39, 0.29) is 107 Å². The van der Waals surface area contributed by atoms with Crippen LogP contribution in [0.5, 0.6) is 5.75 Å². The number of anilines is 1. The molecule has 1 saturated carbocycles. The number of aliphatic hydroxyl groups is 1. The Kier molecular flexibility index (Phi) is 31.4. The van der Waals surface area contributed by atoms with Gasteiger partial charge in [0.1, 0.15) is 31.8 Å². The third-order valence-corrected chi connectivity index (χ3v) is 18.5. The molecule has 598 valence electrons. The second-order valence-electron chi connectivity index (χ2n) is 26.5. The van der Waals surface area contributed by atoms with Gasteiger partial charge in [-0.25, -0.2) is 23.5 Å². The first-order valence-electron chi connectivity index (χ1n) is 36.7. The molecule has 33 nitrogen and oxygen atoms in total. The zero-order valence-electron chi connectivity index (χ0n) is 61.6. The molecule has 3 aromatic carbocycles. The lowest BCUT2D eigenvalue weighted by molar-refractivity contribution is -0.173. The summed E-state index contributed by atoms with van der Waals surface area (Å²) in [4.78, 5) is 150. The van der Waals surface area contributed by atoms with E-state index in [0.717, 1.165) is 42.7 Å². The number of nitrogens with zero attached hydrogens (tertiary/aromatic N) is 3. The summed E-state index contributed by atoms with van der Waals surface area (Å²) in [6.45, 7) is 2.00. The highest BCUT2D eigenvalue weighted by atomic mass is 19.1. The van der Waals surface area contributed by atoms with E-state index in [0.29, 0.717) is 148 Å². The highest BCUT2D eigenvalue weighted by Crippen LogP contribution is 2.46. The molecule has 9 amide bonds. The predicted molar refractivity (Wildman–Crippen MR) is 388 cm³/mol. The number of aryl methyl sites for hydroxylation is 1. The Morgan fingerprint density at radius 3 is 1.91 bits per heavy atom. The van der Waals surface area contributed by atoms with Crippen LogP contribution in [0.1, 0.15) is 87.8 Å². The smallest absolute Gasteiger partial charge is 0.343 e. The number of aromatic nitrogens is 2. The number of fused-ring (bicyclic) bond motifs is 7. The molecule has 5 aromatic rings. The number of imide groups is 1. The number of nitrogens with one attached hydrogen (secondary N) is 7. The van der Waals surface area contributed by atoms with Crippen LogP contribution in [0.25, 0.3) is 22.3 Å². The Bertz CT molecular complexity index is 4260. The maximum absolute atomic E-state index is 15.8. The number of esters is 1. The average molecular weight is 1550 g/mol. The van der Waals surface area contributed by atoms with Gasteiger partial charge in [-0.3, -0.25) is 47.9 Å². The van der Waals surface area contributed by atoms with Gasteiger partial charge in [0.05, 0.1) is 166 Å². The average Bonchev–Trinajstić information content (AvgIpc) is 1.58. The molecule has 2 atom stereocenters. The number of carbonyl (C=O) groups excluding carboxylic acids is 10. The standard InChI is InChI=1S/C76H92F2N10O23/c1-101-19-20-103-23-24-105-27-28-107-31-32-108-30-29-106-26-25-104-22-21-102-18-16-79-72(96)52-34-49(88-67(94)14-15-68(88)95)35-58(78)71(52)110-17-6-11-62(89)81-40-63(90)82-42-65(92)85-60(33-47-7-3-2-4-8-47)73(97)83-41-64(91)84-46-109-45-66(93)80-39-53-54-43-87-61(70(54)86-59-37-57(77)50-9-5-10-51(50)69(53)59)36-56-55(74(87)98)44-111-75(99)76(56,100)38-48-12-13-48/h2-4,7-8,14-15,34-37,48,60,100H,5-6,9-13,16-33,38-46H2,1H3,(H,79,96)(H,80,93)(H,81,89)(H,82,90)(H,83,97)(H,84,91)(H,85,92)/t60-,76-/m0/s1. The van der Waals surface area contributed by atoms with Crippen LogP contribution >= 0.6 is 0 Å². The van der Waals surface area contributed by atoms with Crippen molar-refractivity contribution in [2.75, 3.05) is 157 Å². The normalized spacial score (nSPS) is 15.5. The van der Waals surface area contributed by atoms with Crippen molar-refractivity contribution in [3.63, 3.8) is 0 Å². The summed E-state index contributed by atoms with van der Waals surface area (Å²) >= 11 is 0. The first-order valence-corrected chi connectivity index (χ1v) is 36.7. The molecule has 2 aromatic heterocycles. The number of ether oxygens (including phenoxy) is 11.